The first kappa shape index (κ1) is 17.3. The summed E-state index contributed by atoms with van der Waals surface area (Å²) in [6.45, 7) is 1.98. The van der Waals surface area contributed by atoms with E-state index in [2.05, 4.69) is 10.5 Å². The monoisotopic (exact) mass is 372 g/mol. The molecule has 0 atom stereocenters. The van der Waals surface area contributed by atoms with Crippen molar-refractivity contribution in [2.45, 2.75) is 6.92 Å². The lowest BCUT2D eigenvalue weighted by Gasteiger charge is -2.02. The molecule has 0 fully saturated rings. The van der Waals surface area contributed by atoms with Crippen LogP contribution in [-0.4, -0.2) is 12.1 Å². The van der Waals surface area contributed by atoms with E-state index in [1.807, 2.05) is 31.2 Å². The van der Waals surface area contributed by atoms with Crippen LogP contribution in [0, 0.1) is 6.92 Å². The van der Waals surface area contributed by atoms with Crippen LogP contribution in [0.5, 0.6) is 0 Å². The van der Waals surface area contributed by atoms with Gasteiger partial charge in [-0.3, -0.25) is 4.79 Å². The van der Waals surface area contributed by atoms with Crippen LogP contribution in [0.2, 0.25) is 10.0 Å². The maximum Gasteiger partial charge on any atom is 0.271 e. The van der Waals surface area contributed by atoms with Crippen molar-refractivity contribution >= 4 is 35.3 Å². The molecule has 3 aromatic rings. The average molecular weight is 373 g/mol. The number of carbonyl (C=O) groups excluding carboxylic acids is 1. The highest BCUT2D eigenvalue weighted by molar-refractivity contribution is 6.31. The third kappa shape index (κ3) is 4.29. The molecule has 0 bridgehead atoms. The summed E-state index contributed by atoms with van der Waals surface area (Å²) in [5, 5.41) is 5.12. The Balaban J connectivity index is 1.69. The van der Waals surface area contributed by atoms with Gasteiger partial charge in [0, 0.05) is 21.2 Å². The van der Waals surface area contributed by atoms with E-state index >= 15 is 0 Å². The average Bonchev–Trinajstić information content (AvgIpc) is 3.06. The third-order valence-corrected chi connectivity index (χ3v) is 4.04. The standard InChI is InChI=1S/C19H14Cl2N2O2/c1-12-2-5-15(21)10-17(12)18-9-8-16(25-18)11-22-23-19(24)13-3-6-14(20)7-4-13/h2-11H,1H3,(H,23,24)/b22-11-. The summed E-state index contributed by atoms with van der Waals surface area (Å²) >= 11 is 11.8. The topological polar surface area (TPSA) is 54.6 Å². The van der Waals surface area contributed by atoms with Crippen molar-refractivity contribution < 1.29 is 9.21 Å². The first-order chi connectivity index (χ1) is 12.0. The Morgan fingerprint density at radius 2 is 1.76 bits per heavy atom. The second-order valence-electron chi connectivity index (χ2n) is 5.37. The number of hydrogen-bond donors (Lipinski definition) is 1. The van der Waals surface area contributed by atoms with Gasteiger partial charge < -0.3 is 4.42 Å². The molecule has 1 aromatic heterocycles. The molecule has 0 aliphatic rings. The van der Waals surface area contributed by atoms with Gasteiger partial charge in [0.05, 0.1) is 6.21 Å². The zero-order valence-electron chi connectivity index (χ0n) is 13.3. The Kier molecular flexibility index (Phi) is 5.22. The fourth-order valence-corrected chi connectivity index (χ4v) is 2.55. The first-order valence-corrected chi connectivity index (χ1v) is 8.24. The predicted molar refractivity (Wildman–Crippen MR) is 100 cm³/mol. The van der Waals surface area contributed by atoms with E-state index in [1.54, 1.807) is 30.3 Å². The quantitative estimate of drug-likeness (QED) is 0.497. The van der Waals surface area contributed by atoms with Gasteiger partial charge in [-0.15, -0.1) is 0 Å². The van der Waals surface area contributed by atoms with Gasteiger partial charge in [0.1, 0.15) is 11.5 Å². The number of nitrogens with one attached hydrogen (secondary N) is 1. The number of aryl methyl sites for hydroxylation is 1. The van der Waals surface area contributed by atoms with Gasteiger partial charge in [-0.2, -0.15) is 5.10 Å². The van der Waals surface area contributed by atoms with Gasteiger partial charge >= 0.3 is 0 Å². The Morgan fingerprint density at radius 3 is 2.52 bits per heavy atom. The number of nitrogens with zero attached hydrogens (tertiary/aromatic N) is 1. The molecule has 126 valence electrons. The highest BCUT2D eigenvalue weighted by Crippen LogP contribution is 2.27. The number of amides is 1. The van der Waals surface area contributed by atoms with Gasteiger partial charge in [-0.1, -0.05) is 29.3 Å². The summed E-state index contributed by atoms with van der Waals surface area (Å²) in [4.78, 5) is 11.9. The fraction of sp³-hybridized carbons (Fsp3) is 0.0526. The molecule has 25 heavy (non-hydrogen) atoms. The van der Waals surface area contributed by atoms with E-state index in [-0.39, 0.29) is 5.91 Å². The number of halogens is 2. The molecule has 6 heteroatoms. The van der Waals surface area contributed by atoms with E-state index in [0.717, 1.165) is 11.1 Å². The molecule has 1 N–H and O–H groups in total. The van der Waals surface area contributed by atoms with Crippen LogP contribution in [0.4, 0.5) is 0 Å². The van der Waals surface area contributed by atoms with Crippen LogP contribution in [-0.2, 0) is 0 Å². The molecule has 0 saturated heterocycles. The van der Waals surface area contributed by atoms with E-state index in [0.29, 0.717) is 27.1 Å². The maximum absolute atomic E-state index is 11.9. The van der Waals surface area contributed by atoms with Crippen LogP contribution in [0.3, 0.4) is 0 Å². The number of furan rings is 1. The number of rotatable bonds is 4. The van der Waals surface area contributed by atoms with E-state index in [1.165, 1.54) is 6.21 Å². The summed E-state index contributed by atoms with van der Waals surface area (Å²) in [5.74, 6) is 0.877. The molecule has 0 unspecified atom stereocenters. The number of hydrogen-bond acceptors (Lipinski definition) is 3. The molecule has 0 aliphatic carbocycles. The highest BCUT2D eigenvalue weighted by atomic mass is 35.5. The molecule has 0 aliphatic heterocycles. The van der Waals surface area contributed by atoms with E-state index < -0.39 is 0 Å². The zero-order chi connectivity index (χ0) is 17.8. The fourth-order valence-electron chi connectivity index (χ4n) is 2.25. The van der Waals surface area contributed by atoms with Crippen molar-refractivity contribution in [3.63, 3.8) is 0 Å². The minimum Gasteiger partial charge on any atom is -0.455 e. The lowest BCUT2D eigenvalue weighted by atomic mass is 10.1. The second-order valence-corrected chi connectivity index (χ2v) is 6.24. The molecule has 3 rings (SSSR count). The molecule has 0 radical (unpaired) electrons. The summed E-state index contributed by atoms with van der Waals surface area (Å²) in [5.41, 5.74) is 4.88. The van der Waals surface area contributed by atoms with Crippen LogP contribution in [0.1, 0.15) is 21.7 Å². The van der Waals surface area contributed by atoms with Gasteiger partial charge in [0.25, 0.3) is 5.91 Å². The summed E-state index contributed by atoms with van der Waals surface area (Å²) < 4.78 is 5.73. The minimum absolute atomic E-state index is 0.328. The maximum atomic E-state index is 11.9. The van der Waals surface area contributed by atoms with Crippen molar-refractivity contribution in [2.75, 3.05) is 0 Å². The molecule has 4 nitrogen and oxygen atoms in total. The van der Waals surface area contributed by atoms with Crippen molar-refractivity contribution in [3.8, 4) is 11.3 Å². The molecule has 0 saturated carbocycles. The summed E-state index contributed by atoms with van der Waals surface area (Å²) in [6.07, 6.45) is 1.44. The third-order valence-electron chi connectivity index (χ3n) is 3.56. The van der Waals surface area contributed by atoms with Crippen molar-refractivity contribution in [1.29, 1.82) is 0 Å². The van der Waals surface area contributed by atoms with Gasteiger partial charge in [0.2, 0.25) is 0 Å². The van der Waals surface area contributed by atoms with E-state index in [4.69, 9.17) is 27.6 Å². The van der Waals surface area contributed by atoms with Gasteiger partial charge in [-0.25, -0.2) is 5.43 Å². The zero-order valence-corrected chi connectivity index (χ0v) is 14.8. The van der Waals surface area contributed by atoms with Crippen LogP contribution < -0.4 is 5.43 Å². The molecular formula is C19H14Cl2N2O2. The van der Waals surface area contributed by atoms with Gasteiger partial charge in [-0.05, 0) is 61.0 Å². The SMILES string of the molecule is Cc1ccc(Cl)cc1-c1ccc(/C=N\NC(=O)c2ccc(Cl)cc2)o1. The Morgan fingerprint density at radius 1 is 1.04 bits per heavy atom. The van der Waals surface area contributed by atoms with Crippen LogP contribution in [0.15, 0.2) is 64.1 Å². The molecule has 1 heterocycles. The van der Waals surface area contributed by atoms with Crippen LogP contribution in [0.25, 0.3) is 11.3 Å². The highest BCUT2D eigenvalue weighted by Gasteiger charge is 2.08. The lowest BCUT2D eigenvalue weighted by molar-refractivity contribution is 0.0955. The van der Waals surface area contributed by atoms with Gasteiger partial charge in [0.15, 0.2) is 0 Å². The smallest absolute Gasteiger partial charge is 0.271 e. The second kappa shape index (κ2) is 7.55. The molecular weight excluding hydrogens is 359 g/mol. The Labute approximate surface area is 155 Å². The number of hydrazone groups is 1. The summed E-state index contributed by atoms with van der Waals surface area (Å²) in [7, 11) is 0. The van der Waals surface area contributed by atoms with E-state index in [9.17, 15) is 4.79 Å². The lowest BCUT2D eigenvalue weighted by Crippen LogP contribution is -2.17. The largest absolute Gasteiger partial charge is 0.455 e. The van der Waals surface area contributed by atoms with Crippen molar-refractivity contribution in [2.24, 2.45) is 5.10 Å². The molecule has 0 spiro atoms. The predicted octanol–water partition coefficient (Wildman–Crippen LogP) is 5.33. The first-order valence-electron chi connectivity index (χ1n) is 7.48. The van der Waals surface area contributed by atoms with Crippen molar-refractivity contribution in [1.82, 2.24) is 5.43 Å². The minimum atomic E-state index is -0.328. The Bertz CT molecular complexity index is 931. The molecule has 2 aromatic carbocycles. The number of carbonyl (C=O) groups is 1. The van der Waals surface area contributed by atoms with Crippen molar-refractivity contribution in [3.05, 3.63) is 81.5 Å². The number of benzene rings is 2. The Hall–Kier alpha value is -2.56. The summed E-state index contributed by atoms with van der Waals surface area (Å²) in [6, 6.07) is 15.8. The normalized spacial score (nSPS) is 11.0. The van der Waals surface area contributed by atoms with Crippen LogP contribution >= 0.6 is 23.2 Å². The molecule has 1 amide bonds.